The maximum absolute atomic E-state index is 13.5. The number of hydrogen-bond donors (Lipinski definition) is 2. The average Bonchev–Trinajstić information content (AvgIpc) is 3.34. The number of nitrogens with one attached hydrogen (secondary N) is 2. The summed E-state index contributed by atoms with van der Waals surface area (Å²) in [6, 6.07) is 13.4. The SMILES string of the molecule is COC(=O)c1ccc(C[n+]2cc([N-]C(=O)Nc3cc(NC(=O)Cc4ccccc4)cc(C(F)(F)F)c3)on2)nc1. The quantitative estimate of drug-likeness (QED) is 0.239. The number of carbonyl (C=O) groups is 3. The molecule has 14 heteroatoms. The van der Waals surface area contributed by atoms with Gasteiger partial charge in [0.25, 0.3) is 0 Å². The molecular formula is C26H21F3N6O5. The number of anilines is 2. The Balaban J connectivity index is 1.40. The Morgan fingerprint density at radius 1 is 1.02 bits per heavy atom. The number of benzene rings is 2. The lowest BCUT2D eigenvalue weighted by molar-refractivity contribution is -0.755. The average molecular weight is 554 g/mol. The van der Waals surface area contributed by atoms with Crippen molar-refractivity contribution >= 4 is 35.2 Å². The summed E-state index contributed by atoms with van der Waals surface area (Å²) in [5, 5.41) is 12.0. The van der Waals surface area contributed by atoms with Crippen LogP contribution >= 0.6 is 0 Å². The molecule has 2 aromatic carbocycles. The van der Waals surface area contributed by atoms with Crippen LogP contribution in [0.4, 0.5) is 35.2 Å². The highest BCUT2D eigenvalue weighted by Crippen LogP contribution is 2.34. The monoisotopic (exact) mass is 554 g/mol. The molecule has 11 nitrogen and oxygen atoms in total. The number of amides is 3. The number of pyridine rings is 1. The molecule has 0 spiro atoms. The van der Waals surface area contributed by atoms with Crippen LogP contribution in [-0.2, 0) is 28.7 Å². The minimum absolute atomic E-state index is 0.0510. The van der Waals surface area contributed by atoms with Crippen LogP contribution in [0, 0.1) is 0 Å². The molecule has 206 valence electrons. The number of halogens is 3. The summed E-state index contributed by atoms with van der Waals surface area (Å²) < 4.78 is 51.3. The zero-order chi connectivity index (χ0) is 28.7. The molecule has 40 heavy (non-hydrogen) atoms. The number of alkyl halides is 3. The van der Waals surface area contributed by atoms with Crippen molar-refractivity contribution in [1.82, 2.24) is 10.3 Å². The van der Waals surface area contributed by atoms with Gasteiger partial charge in [-0.3, -0.25) is 14.6 Å². The second-order valence-corrected chi connectivity index (χ2v) is 8.32. The molecule has 0 aliphatic rings. The maximum Gasteiger partial charge on any atom is 0.416 e. The molecule has 0 bridgehead atoms. The fourth-order valence-corrected chi connectivity index (χ4v) is 3.49. The molecule has 0 radical (unpaired) electrons. The van der Waals surface area contributed by atoms with Crippen molar-refractivity contribution in [2.75, 3.05) is 17.7 Å². The van der Waals surface area contributed by atoms with Gasteiger partial charge >= 0.3 is 12.1 Å². The first-order chi connectivity index (χ1) is 19.1. The van der Waals surface area contributed by atoms with Crippen LogP contribution in [0.1, 0.15) is 27.2 Å². The summed E-state index contributed by atoms with van der Waals surface area (Å²) in [5.74, 6) is -1.30. The van der Waals surface area contributed by atoms with Gasteiger partial charge in [0.1, 0.15) is 5.69 Å². The number of methoxy groups -OCH3 is 1. The number of hydrogen-bond acceptors (Lipinski definition) is 7. The molecule has 0 fully saturated rings. The fourth-order valence-electron chi connectivity index (χ4n) is 3.49. The number of ether oxygens (including phenoxy) is 1. The maximum atomic E-state index is 13.5. The standard InChI is InChI=1S/C26H21F3N6O5/c1-39-24(37)17-7-8-19(30-13-17)14-35-15-23(40-34-35)33-25(38)32-21-11-18(26(27,28)29)10-20(12-21)31-22(36)9-16-5-3-2-4-6-16/h2-8,10-13,15H,9,14H2,1H3,(H2-,31,32,33,34,36,38). The zero-order valence-electron chi connectivity index (χ0n) is 20.8. The molecular weight excluding hydrogens is 533 g/mol. The molecule has 2 aromatic heterocycles. The number of rotatable bonds is 8. The van der Waals surface area contributed by atoms with E-state index in [1.54, 1.807) is 36.4 Å². The largest absolute Gasteiger partial charge is 0.465 e. The molecule has 0 atom stereocenters. The van der Waals surface area contributed by atoms with Crippen molar-refractivity contribution in [3.63, 3.8) is 0 Å². The molecule has 4 rings (SSSR count). The Morgan fingerprint density at radius 2 is 1.75 bits per heavy atom. The van der Waals surface area contributed by atoms with Crippen molar-refractivity contribution in [3.8, 4) is 0 Å². The number of nitrogens with zero attached hydrogens (tertiary/aromatic N) is 4. The van der Waals surface area contributed by atoms with E-state index >= 15 is 0 Å². The van der Waals surface area contributed by atoms with E-state index in [4.69, 9.17) is 4.52 Å². The number of urea groups is 1. The third-order valence-corrected chi connectivity index (χ3v) is 5.28. The van der Waals surface area contributed by atoms with E-state index in [1.807, 2.05) is 0 Å². The summed E-state index contributed by atoms with van der Waals surface area (Å²) in [6.45, 7) is 0.113. The van der Waals surface area contributed by atoms with E-state index in [0.717, 1.165) is 6.07 Å². The van der Waals surface area contributed by atoms with E-state index in [9.17, 15) is 27.6 Å². The second kappa shape index (κ2) is 12.1. The van der Waals surface area contributed by atoms with Gasteiger partial charge in [0.2, 0.25) is 24.5 Å². The Morgan fingerprint density at radius 3 is 2.40 bits per heavy atom. The van der Waals surface area contributed by atoms with Crippen molar-refractivity contribution in [2.24, 2.45) is 0 Å². The Bertz CT molecular complexity index is 1510. The minimum Gasteiger partial charge on any atom is -0.465 e. The normalized spacial score (nSPS) is 11.0. The summed E-state index contributed by atoms with van der Waals surface area (Å²) in [6.07, 6.45) is -2.19. The van der Waals surface area contributed by atoms with Crippen LogP contribution in [0.25, 0.3) is 5.32 Å². The zero-order valence-corrected chi connectivity index (χ0v) is 20.8. The van der Waals surface area contributed by atoms with Gasteiger partial charge in [-0.1, -0.05) is 30.3 Å². The third kappa shape index (κ3) is 7.63. The van der Waals surface area contributed by atoms with Gasteiger partial charge in [-0.05, 0) is 46.3 Å². The van der Waals surface area contributed by atoms with Crippen LogP contribution < -0.4 is 15.3 Å². The van der Waals surface area contributed by atoms with E-state index in [1.165, 1.54) is 36.3 Å². The molecule has 0 saturated heterocycles. The first kappa shape index (κ1) is 27.8. The van der Waals surface area contributed by atoms with Crippen LogP contribution in [0.15, 0.2) is 77.6 Å². The van der Waals surface area contributed by atoms with Gasteiger partial charge in [0.15, 0.2) is 11.3 Å². The van der Waals surface area contributed by atoms with Gasteiger partial charge in [-0.25, -0.2) is 4.79 Å². The first-order valence-corrected chi connectivity index (χ1v) is 11.6. The number of carbonyl (C=O) groups excluding carboxylic acids is 3. The van der Waals surface area contributed by atoms with Crippen LogP contribution in [-0.4, -0.2) is 35.3 Å². The lowest BCUT2D eigenvalue weighted by Crippen LogP contribution is -2.35. The molecule has 0 unspecified atom stereocenters. The van der Waals surface area contributed by atoms with Gasteiger partial charge in [-0.2, -0.15) is 13.2 Å². The lowest BCUT2D eigenvalue weighted by Gasteiger charge is -2.18. The second-order valence-electron chi connectivity index (χ2n) is 8.32. The molecule has 2 N–H and O–H groups in total. The summed E-state index contributed by atoms with van der Waals surface area (Å²) in [5.41, 5.74) is -0.0404. The highest BCUT2D eigenvalue weighted by molar-refractivity contribution is 6.04. The minimum atomic E-state index is -4.74. The fraction of sp³-hybridized carbons (Fsp3) is 0.154. The number of esters is 1. The van der Waals surface area contributed by atoms with E-state index in [2.05, 4.69) is 30.9 Å². The Labute approximate surface area is 224 Å². The van der Waals surface area contributed by atoms with Gasteiger partial charge in [-0.15, -0.1) is 0 Å². The Kier molecular flexibility index (Phi) is 8.37. The molecule has 0 aliphatic heterocycles. The third-order valence-electron chi connectivity index (χ3n) is 5.28. The Hall–Kier alpha value is -5.27. The van der Waals surface area contributed by atoms with Crippen molar-refractivity contribution in [2.45, 2.75) is 19.1 Å². The first-order valence-electron chi connectivity index (χ1n) is 11.6. The van der Waals surface area contributed by atoms with Gasteiger partial charge in [0, 0.05) is 11.9 Å². The molecule has 2 heterocycles. The predicted octanol–water partition coefficient (Wildman–Crippen LogP) is 4.63. The number of aromatic nitrogens is 3. The smallest absolute Gasteiger partial charge is 0.416 e. The lowest BCUT2D eigenvalue weighted by atomic mass is 10.1. The molecule has 4 aromatic rings. The van der Waals surface area contributed by atoms with Crippen LogP contribution in [0.2, 0.25) is 0 Å². The van der Waals surface area contributed by atoms with Crippen molar-refractivity contribution in [1.29, 1.82) is 0 Å². The van der Waals surface area contributed by atoms with Crippen LogP contribution in [0.3, 0.4) is 0 Å². The predicted molar refractivity (Wildman–Crippen MR) is 134 cm³/mol. The van der Waals surface area contributed by atoms with E-state index in [-0.39, 0.29) is 35.8 Å². The van der Waals surface area contributed by atoms with Gasteiger partial charge < -0.3 is 25.2 Å². The summed E-state index contributed by atoms with van der Waals surface area (Å²) >= 11 is 0. The van der Waals surface area contributed by atoms with Crippen LogP contribution in [0.5, 0.6) is 0 Å². The van der Waals surface area contributed by atoms with Gasteiger partial charge in [0.05, 0.1) is 24.7 Å². The van der Waals surface area contributed by atoms with E-state index in [0.29, 0.717) is 17.3 Å². The molecule has 0 aliphatic carbocycles. The van der Waals surface area contributed by atoms with Crippen molar-refractivity contribution < 1.29 is 41.5 Å². The molecule has 3 amide bonds. The summed E-state index contributed by atoms with van der Waals surface area (Å²) in [4.78, 5) is 40.4. The highest BCUT2D eigenvalue weighted by atomic mass is 19.4. The molecule has 0 saturated carbocycles. The summed E-state index contributed by atoms with van der Waals surface area (Å²) in [7, 11) is 1.25. The topological polar surface area (TPSA) is 141 Å². The highest BCUT2D eigenvalue weighted by Gasteiger charge is 2.31. The van der Waals surface area contributed by atoms with E-state index < -0.39 is 29.6 Å². The van der Waals surface area contributed by atoms with Crippen molar-refractivity contribution in [3.05, 3.63) is 101 Å².